The lowest BCUT2D eigenvalue weighted by atomic mass is 9.81. The van der Waals surface area contributed by atoms with Gasteiger partial charge in [-0.1, -0.05) is 12.1 Å². The van der Waals surface area contributed by atoms with Gasteiger partial charge in [-0.3, -0.25) is 4.79 Å². The fraction of sp³-hybridized carbons (Fsp3) is 0.462. The molecular formula is C13H17NO2. The fourth-order valence-electron chi connectivity index (χ4n) is 2.41. The maximum absolute atomic E-state index is 11.2. The van der Waals surface area contributed by atoms with E-state index in [1.807, 2.05) is 12.1 Å². The van der Waals surface area contributed by atoms with Gasteiger partial charge in [0.2, 0.25) is 0 Å². The zero-order valence-corrected chi connectivity index (χ0v) is 9.53. The number of benzene rings is 1. The Morgan fingerprint density at radius 1 is 1.56 bits per heavy atom. The number of nitrogens with two attached hydrogens (primary N) is 1. The Morgan fingerprint density at radius 2 is 2.38 bits per heavy atom. The monoisotopic (exact) mass is 219 g/mol. The van der Waals surface area contributed by atoms with Gasteiger partial charge in [-0.05, 0) is 42.4 Å². The summed E-state index contributed by atoms with van der Waals surface area (Å²) in [6.45, 7) is 0. The molecule has 16 heavy (non-hydrogen) atoms. The minimum atomic E-state index is -0.114. The minimum absolute atomic E-state index is 0.114. The van der Waals surface area contributed by atoms with Crippen molar-refractivity contribution in [3.63, 3.8) is 0 Å². The molecule has 1 aromatic carbocycles. The normalized spacial score (nSPS) is 18.9. The molecule has 0 bridgehead atoms. The van der Waals surface area contributed by atoms with Crippen molar-refractivity contribution in [3.8, 4) is 0 Å². The zero-order valence-electron chi connectivity index (χ0n) is 9.53. The molecule has 0 spiro atoms. The number of rotatable bonds is 2. The van der Waals surface area contributed by atoms with Gasteiger partial charge < -0.3 is 10.5 Å². The van der Waals surface area contributed by atoms with Crippen LogP contribution in [0.15, 0.2) is 18.2 Å². The first-order valence-corrected chi connectivity index (χ1v) is 5.63. The summed E-state index contributed by atoms with van der Waals surface area (Å²) in [6.07, 6.45) is 3.46. The molecule has 1 unspecified atom stereocenters. The summed E-state index contributed by atoms with van der Waals surface area (Å²) in [4.78, 5) is 11.2. The lowest BCUT2D eigenvalue weighted by Gasteiger charge is -2.24. The topological polar surface area (TPSA) is 52.3 Å². The summed E-state index contributed by atoms with van der Waals surface area (Å²) in [5, 5.41) is 0. The molecule has 1 aliphatic rings. The van der Waals surface area contributed by atoms with Crippen molar-refractivity contribution < 1.29 is 9.53 Å². The third-order valence-electron chi connectivity index (χ3n) is 3.30. The molecule has 3 nitrogen and oxygen atoms in total. The van der Waals surface area contributed by atoms with Crippen LogP contribution in [0.1, 0.15) is 24.0 Å². The third kappa shape index (κ3) is 2.18. The molecule has 86 valence electrons. The third-order valence-corrected chi connectivity index (χ3v) is 3.30. The number of anilines is 1. The molecule has 0 aromatic heterocycles. The van der Waals surface area contributed by atoms with Gasteiger partial charge in [0.25, 0.3) is 0 Å². The highest BCUT2D eigenvalue weighted by molar-refractivity contribution is 5.69. The largest absolute Gasteiger partial charge is 0.469 e. The summed E-state index contributed by atoms with van der Waals surface area (Å²) >= 11 is 0. The molecule has 1 aromatic rings. The molecule has 0 heterocycles. The quantitative estimate of drug-likeness (QED) is 0.611. The van der Waals surface area contributed by atoms with Crippen molar-refractivity contribution >= 4 is 11.7 Å². The standard InChI is InChI=1S/C13H17NO2/c1-16-13(15)8-9-5-6-11-10(7-9)3-2-4-12(11)14/h2-4,9H,5-8,14H2,1H3. The van der Waals surface area contributed by atoms with E-state index in [4.69, 9.17) is 10.5 Å². The van der Waals surface area contributed by atoms with Crippen LogP contribution in [0.4, 0.5) is 5.69 Å². The van der Waals surface area contributed by atoms with Gasteiger partial charge in [0, 0.05) is 12.1 Å². The van der Waals surface area contributed by atoms with Crippen LogP contribution in [0, 0.1) is 5.92 Å². The van der Waals surface area contributed by atoms with Crippen LogP contribution >= 0.6 is 0 Å². The highest BCUT2D eigenvalue weighted by Gasteiger charge is 2.22. The van der Waals surface area contributed by atoms with Crippen molar-refractivity contribution in [2.45, 2.75) is 25.7 Å². The van der Waals surface area contributed by atoms with Gasteiger partial charge in [-0.15, -0.1) is 0 Å². The molecule has 3 heteroatoms. The molecule has 0 saturated heterocycles. The van der Waals surface area contributed by atoms with E-state index in [0.29, 0.717) is 12.3 Å². The Morgan fingerprint density at radius 3 is 3.12 bits per heavy atom. The van der Waals surface area contributed by atoms with Crippen LogP contribution < -0.4 is 5.73 Å². The highest BCUT2D eigenvalue weighted by Crippen LogP contribution is 2.30. The summed E-state index contributed by atoms with van der Waals surface area (Å²) in [7, 11) is 1.44. The lowest BCUT2D eigenvalue weighted by molar-refractivity contribution is -0.141. The first-order valence-electron chi connectivity index (χ1n) is 5.63. The number of hydrogen-bond donors (Lipinski definition) is 1. The number of fused-ring (bicyclic) bond motifs is 1. The number of esters is 1. The van der Waals surface area contributed by atoms with E-state index in [1.165, 1.54) is 18.2 Å². The van der Waals surface area contributed by atoms with Crippen LogP contribution in [0.5, 0.6) is 0 Å². The molecule has 2 rings (SSSR count). The summed E-state index contributed by atoms with van der Waals surface area (Å²) in [5.74, 6) is 0.291. The van der Waals surface area contributed by atoms with E-state index in [9.17, 15) is 4.79 Å². The van der Waals surface area contributed by atoms with Crippen molar-refractivity contribution in [2.75, 3.05) is 12.8 Å². The number of nitrogen functional groups attached to an aromatic ring is 1. The van der Waals surface area contributed by atoms with E-state index in [0.717, 1.165) is 24.9 Å². The SMILES string of the molecule is COC(=O)CC1CCc2c(N)cccc2C1. The number of carbonyl (C=O) groups excluding carboxylic acids is 1. The Hall–Kier alpha value is -1.51. The lowest BCUT2D eigenvalue weighted by Crippen LogP contribution is -2.19. The molecule has 0 saturated carbocycles. The molecule has 0 fully saturated rings. The smallest absolute Gasteiger partial charge is 0.305 e. The predicted molar refractivity (Wildman–Crippen MR) is 63.0 cm³/mol. The first kappa shape index (κ1) is 11.0. The number of carbonyl (C=O) groups is 1. The number of ether oxygens (including phenoxy) is 1. The second kappa shape index (κ2) is 4.56. The number of hydrogen-bond acceptors (Lipinski definition) is 3. The molecule has 1 atom stereocenters. The van der Waals surface area contributed by atoms with Gasteiger partial charge in [-0.2, -0.15) is 0 Å². The maximum Gasteiger partial charge on any atom is 0.305 e. The average Bonchev–Trinajstić information content (AvgIpc) is 2.29. The van der Waals surface area contributed by atoms with Crippen LogP contribution in [-0.2, 0) is 22.4 Å². The Labute approximate surface area is 95.6 Å². The Balaban J connectivity index is 2.09. The molecule has 0 aliphatic heterocycles. The van der Waals surface area contributed by atoms with Gasteiger partial charge >= 0.3 is 5.97 Å². The molecule has 1 aliphatic carbocycles. The van der Waals surface area contributed by atoms with Crippen molar-refractivity contribution in [1.82, 2.24) is 0 Å². The highest BCUT2D eigenvalue weighted by atomic mass is 16.5. The van der Waals surface area contributed by atoms with E-state index in [2.05, 4.69) is 6.07 Å². The molecule has 2 N–H and O–H groups in total. The Bertz CT molecular complexity index is 401. The molecule has 0 amide bonds. The summed E-state index contributed by atoms with van der Waals surface area (Å²) in [6, 6.07) is 6.03. The van der Waals surface area contributed by atoms with Crippen LogP contribution in [-0.4, -0.2) is 13.1 Å². The first-order chi connectivity index (χ1) is 7.70. The second-order valence-electron chi connectivity index (χ2n) is 4.37. The zero-order chi connectivity index (χ0) is 11.5. The minimum Gasteiger partial charge on any atom is -0.469 e. The van der Waals surface area contributed by atoms with E-state index in [1.54, 1.807) is 0 Å². The summed E-state index contributed by atoms with van der Waals surface area (Å²) in [5.41, 5.74) is 9.36. The molecular weight excluding hydrogens is 202 g/mol. The van der Waals surface area contributed by atoms with Crippen LogP contribution in [0.3, 0.4) is 0 Å². The van der Waals surface area contributed by atoms with Gasteiger partial charge in [0.05, 0.1) is 7.11 Å². The Kier molecular flexibility index (Phi) is 3.13. The average molecular weight is 219 g/mol. The van der Waals surface area contributed by atoms with E-state index in [-0.39, 0.29) is 5.97 Å². The number of methoxy groups -OCH3 is 1. The van der Waals surface area contributed by atoms with Crippen molar-refractivity contribution in [1.29, 1.82) is 0 Å². The van der Waals surface area contributed by atoms with E-state index < -0.39 is 0 Å². The summed E-state index contributed by atoms with van der Waals surface area (Å²) < 4.78 is 4.70. The van der Waals surface area contributed by atoms with Gasteiger partial charge in [0.1, 0.15) is 0 Å². The fourth-order valence-corrected chi connectivity index (χ4v) is 2.41. The maximum atomic E-state index is 11.2. The predicted octanol–water partition coefficient (Wildman–Crippen LogP) is 1.94. The van der Waals surface area contributed by atoms with Gasteiger partial charge in [0.15, 0.2) is 0 Å². The molecule has 0 radical (unpaired) electrons. The van der Waals surface area contributed by atoms with Crippen molar-refractivity contribution in [3.05, 3.63) is 29.3 Å². The van der Waals surface area contributed by atoms with Gasteiger partial charge in [-0.25, -0.2) is 0 Å². The van der Waals surface area contributed by atoms with Crippen LogP contribution in [0.25, 0.3) is 0 Å². The van der Waals surface area contributed by atoms with E-state index >= 15 is 0 Å². The second-order valence-corrected chi connectivity index (χ2v) is 4.37. The van der Waals surface area contributed by atoms with Crippen molar-refractivity contribution in [2.24, 2.45) is 5.92 Å². The van der Waals surface area contributed by atoms with Crippen LogP contribution in [0.2, 0.25) is 0 Å².